The third-order valence-corrected chi connectivity index (χ3v) is 9.08. The summed E-state index contributed by atoms with van der Waals surface area (Å²) in [6, 6.07) is 15.3. The minimum atomic E-state index is -0.677. The smallest absolute Gasteiger partial charge is 0.343 e. The maximum atomic E-state index is 13.8. The first-order valence-corrected chi connectivity index (χ1v) is 13.5. The lowest BCUT2D eigenvalue weighted by atomic mass is 9.49. The third kappa shape index (κ3) is 4.16. The maximum absolute atomic E-state index is 13.8. The minimum Gasteiger partial charge on any atom is -0.465 e. The van der Waals surface area contributed by atoms with Gasteiger partial charge in [0.2, 0.25) is 5.91 Å². The lowest BCUT2D eigenvalue weighted by Gasteiger charge is -2.55. The van der Waals surface area contributed by atoms with Gasteiger partial charge in [-0.15, -0.1) is 0 Å². The van der Waals surface area contributed by atoms with E-state index in [0.29, 0.717) is 40.9 Å². The average molecular weight is 499 g/mol. The number of aromatic nitrogens is 1. The number of esters is 1. The fourth-order valence-corrected chi connectivity index (χ4v) is 7.63. The molecule has 0 atom stereocenters. The monoisotopic (exact) mass is 498 g/mol. The number of amides is 1. The predicted molar refractivity (Wildman–Crippen MR) is 144 cm³/mol. The number of anilines is 1. The largest absolute Gasteiger partial charge is 0.465 e. The van der Waals surface area contributed by atoms with E-state index in [0.717, 1.165) is 31.2 Å². The number of aryl methyl sites for hydroxylation is 1. The predicted octanol–water partition coefficient (Wildman–Crippen LogP) is 5.55. The number of fused-ring (bicyclic) bond motifs is 1. The summed E-state index contributed by atoms with van der Waals surface area (Å²) in [4.78, 5) is 39.9. The topological polar surface area (TPSA) is 77.4 Å². The van der Waals surface area contributed by atoms with Crippen molar-refractivity contribution in [1.29, 1.82) is 0 Å². The molecule has 1 amide bonds. The van der Waals surface area contributed by atoms with Gasteiger partial charge < -0.3 is 14.6 Å². The highest BCUT2D eigenvalue weighted by Crippen LogP contribution is 2.60. The molecule has 0 aliphatic heterocycles. The molecule has 7 rings (SSSR count). The van der Waals surface area contributed by atoms with Gasteiger partial charge in [0.25, 0.3) is 5.56 Å². The lowest BCUT2D eigenvalue weighted by Crippen LogP contribution is -2.51. The van der Waals surface area contributed by atoms with E-state index in [1.54, 1.807) is 10.6 Å². The van der Waals surface area contributed by atoms with Gasteiger partial charge in [0, 0.05) is 5.39 Å². The van der Waals surface area contributed by atoms with Crippen LogP contribution in [0.2, 0.25) is 0 Å². The summed E-state index contributed by atoms with van der Waals surface area (Å²) in [5, 5.41) is 3.92. The molecule has 6 nitrogen and oxygen atoms in total. The zero-order valence-corrected chi connectivity index (χ0v) is 21.6. The van der Waals surface area contributed by atoms with Crippen molar-refractivity contribution in [3.05, 3.63) is 75.6 Å². The van der Waals surface area contributed by atoms with Gasteiger partial charge in [-0.25, -0.2) is 4.79 Å². The van der Waals surface area contributed by atoms with Crippen molar-refractivity contribution >= 4 is 28.5 Å². The van der Waals surface area contributed by atoms with Crippen LogP contribution in [0.15, 0.2) is 53.3 Å². The Labute approximate surface area is 217 Å². The molecule has 1 heterocycles. The quantitative estimate of drug-likeness (QED) is 0.452. The Morgan fingerprint density at radius 2 is 1.59 bits per heavy atom. The number of hydrogen-bond donors (Lipinski definition) is 1. The van der Waals surface area contributed by atoms with Crippen LogP contribution in [0.25, 0.3) is 10.9 Å². The molecule has 1 aromatic heterocycles. The van der Waals surface area contributed by atoms with Crippen LogP contribution in [0.5, 0.6) is 0 Å². The number of benzene rings is 2. The first-order valence-electron chi connectivity index (χ1n) is 13.5. The second kappa shape index (κ2) is 9.16. The number of carbonyl (C=O) groups is 2. The average Bonchev–Trinajstić information content (AvgIpc) is 2.89. The fourth-order valence-electron chi connectivity index (χ4n) is 7.63. The normalized spacial score (nSPS) is 25.8. The Kier molecular flexibility index (Phi) is 5.93. The molecule has 4 fully saturated rings. The molecule has 37 heavy (non-hydrogen) atoms. The highest BCUT2D eigenvalue weighted by atomic mass is 16.5. The number of pyridine rings is 1. The van der Waals surface area contributed by atoms with E-state index < -0.39 is 11.5 Å². The highest BCUT2D eigenvalue weighted by molar-refractivity contribution is 6.05. The number of nitrogens with zero attached hydrogens (tertiary/aromatic N) is 1. The van der Waals surface area contributed by atoms with Crippen molar-refractivity contribution in [3.63, 3.8) is 0 Å². The standard InChI is InChI=1S/C31H34N2O4/c1-3-19-7-9-20(10-8-19)18-33-27-6-4-5-26(24(27)14-25(28(33)34)29(35)37-2)32-30(36)31-15-21-11-22(16-31)13-23(12-21)17-31/h4-10,14,21-23H,3,11-13,15-18H2,1-2H3,(H,32,36). The Balaban J connectivity index is 1.41. The van der Waals surface area contributed by atoms with E-state index >= 15 is 0 Å². The van der Waals surface area contributed by atoms with Crippen LogP contribution < -0.4 is 10.9 Å². The Hall–Kier alpha value is -3.41. The lowest BCUT2D eigenvalue weighted by molar-refractivity contribution is -0.140. The van der Waals surface area contributed by atoms with Gasteiger partial charge in [-0.05, 0) is 92.0 Å². The minimum absolute atomic E-state index is 0.0309. The number of methoxy groups -OCH3 is 1. The summed E-state index contributed by atoms with van der Waals surface area (Å²) in [6.07, 6.45) is 7.68. The van der Waals surface area contributed by atoms with Crippen molar-refractivity contribution in [2.75, 3.05) is 12.4 Å². The van der Waals surface area contributed by atoms with Crippen LogP contribution in [-0.4, -0.2) is 23.6 Å². The van der Waals surface area contributed by atoms with E-state index in [1.807, 2.05) is 30.3 Å². The van der Waals surface area contributed by atoms with E-state index in [1.165, 1.54) is 31.9 Å². The molecule has 0 spiro atoms. The molecule has 6 heteroatoms. The van der Waals surface area contributed by atoms with Crippen LogP contribution in [0, 0.1) is 23.2 Å². The molecule has 0 radical (unpaired) electrons. The second-order valence-electron chi connectivity index (χ2n) is 11.5. The highest BCUT2D eigenvalue weighted by Gasteiger charge is 2.54. The van der Waals surface area contributed by atoms with Gasteiger partial charge in [0.15, 0.2) is 0 Å². The molecule has 0 saturated heterocycles. The Bertz CT molecular complexity index is 1400. The molecular formula is C31H34N2O4. The van der Waals surface area contributed by atoms with Crippen molar-refractivity contribution in [1.82, 2.24) is 4.57 Å². The summed E-state index contributed by atoms with van der Waals surface area (Å²) in [6.45, 7) is 2.42. The van der Waals surface area contributed by atoms with Crippen LogP contribution in [-0.2, 0) is 22.5 Å². The molecule has 4 bridgehead atoms. The van der Waals surface area contributed by atoms with Gasteiger partial charge in [-0.2, -0.15) is 0 Å². The van der Waals surface area contributed by atoms with E-state index in [4.69, 9.17) is 4.74 Å². The molecule has 1 N–H and O–H groups in total. The first-order chi connectivity index (χ1) is 17.9. The first kappa shape index (κ1) is 24.0. The molecule has 4 saturated carbocycles. The van der Waals surface area contributed by atoms with Gasteiger partial charge in [-0.1, -0.05) is 37.3 Å². The van der Waals surface area contributed by atoms with E-state index in [-0.39, 0.29) is 16.9 Å². The summed E-state index contributed by atoms with van der Waals surface area (Å²) in [5.74, 6) is 1.41. The van der Waals surface area contributed by atoms with Crippen LogP contribution in [0.3, 0.4) is 0 Å². The van der Waals surface area contributed by atoms with Gasteiger partial charge in [0.1, 0.15) is 5.56 Å². The van der Waals surface area contributed by atoms with E-state index in [9.17, 15) is 14.4 Å². The van der Waals surface area contributed by atoms with E-state index in [2.05, 4.69) is 24.4 Å². The summed E-state index contributed by atoms with van der Waals surface area (Å²) in [7, 11) is 1.28. The Morgan fingerprint density at radius 3 is 2.19 bits per heavy atom. The summed E-state index contributed by atoms with van der Waals surface area (Å²) < 4.78 is 6.56. The zero-order valence-electron chi connectivity index (χ0n) is 21.6. The molecule has 4 aliphatic rings. The maximum Gasteiger partial charge on any atom is 0.343 e. The van der Waals surface area contributed by atoms with Crippen molar-refractivity contribution < 1.29 is 14.3 Å². The number of ether oxygens (including phenoxy) is 1. The molecule has 0 unspecified atom stereocenters. The molecule has 3 aromatic rings. The molecule has 2 aromatic carbocycles. The molecule has 192 valence electrons. The van der Waals surface area contributed by atoms with Crippen LogP contribution >= 0.6 is 0 Å². The number of carbonyl (C=O) groups excluding carboxylic acids is 2. The third-order valence-electron chi connectivity index (χ3n) is 9.08. The second-order valence-corrected chi connectivity index (χ2v) is 11.5. The summed E-state index contributed by atoms with van der Waals surface area (Å²) in [5.41, 5.74) is 2.78. The summed E-state index contributed by atoms with van der Waals surface area (Å²) >= 11 is 0. The van der Waals surface area contributed by atoms with Gasteiger partial charge in [-0.3, -0.25) is 9.59 Å². The number of hydrogen-bond acceptors (Lipinski definition) is 4. The van der Waals surface area contributed by atoms with Crippen molar-refractivity contribution in [3.8, 4) is 0 Å². The zero-order chi connectivity index (χ0) is 25.7. The Morgan fingerprint density at radius 1 is 0.973 bits per heavy atom. The van der Waals surface area contributed by atoms with Crippen molar-refractivity contribution in [2.24, 2.45) is 23.2 Å². The van der Waals surface area contributed by atoms with Crippen molar-refractivity contribution in [2.45, 2.75) is 58.4 Å². The van der Waals surface area contributed by atoms with Crippen LogP contribution in [0.1, 0.15) is 66.9 Å². The fraction of sp³-hybridized carbons (Fsp3) is 0.452. The number of nitrogens with one attached hydrogen (secondary N) is 1. The molecular weight excluding hydrogens is 464 g/mol. The molecule has 4 aliphatic carbocycles. The van der Waals surface area contributed by atoms with Gasteiger partial charge >= 0.3 is 5.97 Å². The van der Waals surface area contributed by atoms with Crippen LogP contribution in [0.4, 0.5) is 5.69 Å². The van der Waals surface area contributed by atoms with Gasteiger partial charge in [0.05, 0.1) is 30.3 Å². The SMILES string of the molecule is CCc1ccc(Cn2c(=O)c(C(=O)OC)cc3c(NC(=O)C45CC6CC(CC(C6)C4)C5)cccc32)cc1. The number of rotatable bonds is 6.